The van der Waals surface area contributed by atoms with Crippen LogP contribution < -0.4 is 0 Å². The SMILES string of the molecule is c1ccc(-c2cccc(-c3nc(-c4ccccc4)nc(-c4ccc5c(c4)oc4cc(-c6cc(-c7ccccc7)cc7c6oc6ccccc67)ccc45)n3)c2)cc1. The predicted octanol–water partition coefficient (Wildman–Crippen LogP) is 13.7. The molecule has 5 heteroatoms. The number of para-hydroxylation sites is 1. The van der Waals surface area contributed by atoms with Crippen LogP contribution in [0.5, 0.6) is 0 Å². The molecule has 0 radical (unpaired) electrons. The first-order valence-corrected chi connectivity index (χ1v) is 18.7. The van der Waals surface area contributed by atoms with Crippen molar-refractivity contribution in [1.29, 1.82) is 0 Å². The minimum atomic E-state index is 0.576. The summed E-state index contributed by atoms with van der Waals surface area (Å²) in [6, 6.07) is 64.6. The van der Waals surface area contributed by atoms with Crippen LogP contribution in [0, 0.1) is 0 Å². The van der Waals surface area contributed by atoms with Crippen molar-refractivity contribution in [3.05, 3.63) is 188 Å². The van der Waals surface area contributed by atoms with Crippen molar-refractivity contribution in [2.75, 3.05) is 0 Å². The monoisotopic (exact) mass is 717 g/mol. The summed E-state index contributed by atoms with van der Waals surface area (Å²) >= 11 is 0. The molecule has 0 aliphatic rings. The maximum Gasteiger partial charge on any atom is 0.164 e. The molecule has 262 valence electrons. The van der Waals surface area contributed by atoms with Gasteiger partial charge in [0.05, 0.1) is 0 Å². The van der Waals surface area contributed by atoms with Gasteiger partial charge in [-0.05, 0) is 76.3 Å². The molecule has 0 saturated heterocycles. The largest absolute Gasteiger partial charge is 0.456 e. The number of aromatic nitrogens is 3. The highest BCUT2D eigenvalue weighted by Gasteiger charge is 2.18. The summed E-state index contributed by atoms with van der Waals surface area (Å²) in [4.78, 5) is 15.0. The van der Waals surface area contributed by atoms with Crippen LogP contribution in [0.1, 0.15) is 0 Å². The van der Waals surface area contributed by atoms with Crippen LogP contribution >= 0.6 is 0 Å². The van der Waals surface area contributed by atoms with Gasteiger partial charge in [0.15, 0.2) is 17.5 Å². The van der Waals surface area contributed by atoms with Crippen molar-refractivity contribution < 1.29 is 8.83 Å². The Morgan fingerprint density at radius 2 is 0.768 bits per heavy atom. The van der Waals surface area contributed by atoms with E-state index >= 15 is 0 Å². The number of fused-ring (bicyclic) bond motifs is 6. The summed E-state index contributed by atoms with van der Waals surface area (Å²) in [6.45, 7) is 0. The molecule has 0 aliphatic carbocycles. The standard InChI is InChI=1S/C51H31N3O2/c1-4-13-32(14-5-1)35-19-12-20-37(27-35)50-52-49(34-17-8-3-9-18-34)53-51(54-50)38-24-26-42-41-25-23-36(30-46(41)55-47(42)31-38)43-28-39(33-15-6-2-7-16-33)29-44-40-21-10-11-22-45(40)56-48(43)44/h1-31H. The second-order valence-corrected chi connectivity index (χ2v) is 14.0. The van der Waals surface area contributed by atoms with Crippen molar-refractivity contribution in [3.8, 4) is 67.5 Å². The lowest BCUT2D eigenvalue weighted by Crippen LogP contribution is -2.00. The normalized spacial score (nSPS) is 11.6. The molecule has 3 heterocycles. The van der Waals surface area contributed by atoms with Crippen molar-refractivity contribution in [2.45, 2.75) is 0 Å². The fourth-order valence-electron chi connectivity index (χ4n) is 7.74. The average molecular weight is 718 g/mol. The predicted molar refractivity (Wildman–Crippen MR) is 227 cm³/mol. The van der Waals surface area contributed by atoms with Crippen LogP contribution in [0.4, 0.5) is 0 Å². The molecule has 0 spiro atoms. The van der Waals surface area contributed by atoms with Gasteiger partial charge in [0.1, 0.15) is 22.3 Å². The van der Waals surface area contributed by atoms with Gasteiger partial charge in [0.25, 0.3) is 0 Å². The molecule has 0 atom stereocenters. The van der Waals surface area contributed by atoms with E-state index in [1.165, 1.54) is 0 Å². The summed E-state index contributed by atoms with van der Waals surface area (Å²) < 4.78 is 13.2. The van der Waals surface area contributed by atoms with E-state index in [2.05, 4.69) is 127 Å². The van der Waals surface area contributed by atoms with Crippen molar-refractivity contribution in [1.82, 2.24) is 15.0 Å². The number of furan rings is 2. The number of hydrogen-bond donors (Lipinski definition) is 0. The van der Waals surface area contributed by atoms with Gasteiger partial charge in [-0.1, -0.05) is 140 Å². The summed E-state index contributed by atoms with van der Waals surface area (Å²) in [5.74, 6) is 1.79. The zero-order chi connectivity index (χ0) is 37.0. The van der Waals surface area contributed by atoms with Gasteiger partial charge >= 0.3 is 0 Å². The summed E-state index contributed by atoms with van der Waals surface area (Å²) in [6.07, 6.45) is 0. The molecule has 0 N–H and O–H groups in total. The molecule has 0 amide bonds. The van der Waals surface area contributed by atoms with Gasteiger partial charge in [-0.15, -0.1) is 0 Å². The molecule has 3 aromatic heterocycles. The lowest BCUT2D eigenvalue weighted by Gasteiger charge is -2.09. The second kappa shape index (κ2) is 13.0. The van der Waals surface area contributed by atoms with Gasteiger partial charge in [-0.25, -0.2) is 15.0 Å². The molecule has 0 bridgehead atoms. The third kappa shape index (κ3) is 5.53. The molecule has 0 saturated carbocycles. The number of rotatable bonds is 6. The Labute approximate surface area is 322 Å². The lowest BCUT2D eigenvalue weighted by molar-refractivity contribution is 0.668. The quantitative estimate of drug-likeness (QED) is 0.171. The molecule has 0 fully saturated rings. The molecular weight excluding hydrogens is 687 g/mol. The van der Waals surface area contributed by atoms with Crippen LogP contribution in [0.25, 0.3) is 111 Å². The maximum atomic E-state index is 6.66. The fraction of sp³-hybridized carbons (Fsp3) is 0. The van der Waals surface area contributed by atoms with Crippen molar-refractivity contribution in [3.63, 3.8) is 0 Å². The first-order chi connectivity index (χ1) is 27.7. The van der Waals surface area contributed by atoms with Crippen LogP contribution in [0.2, 0.25) is 0 Å². The van der Waals surface area contributed by atoms with Crippen molar-refractivity contribution >= 4 is 43.9 Å². The Morgan fingerprint density at radius 3 is 1.46 bits per heavy atom. The Bertz CT molecular complexity index is 3240. The molecule has 5 nitrogen and oxygen atoms in total. The van der Waals surface area contributed by atoms with E-state index in [1.807, 2.05) is 60.7 Å². The van der Waals surface area contributed by atoms with Gasteiger partial charge in [-0.3, -0.25) is 0 Å². The Kier molecular flexibility index (Phi) is 7.42. The number of benzene rings is 8. The molecule has 11 aromatic rings. The van der Waals surface area contributed by atoms with Crippen molar-refractivity contribution in [2.24, 2.45) is 0 Å². The van der Waals surface area contributed by atoms with Gasteiger partial charge in [0.2, 0.25) is 0 Å². The minimum absolute atomic E-state index is 0.576. The number of hydrogen-bond acceptors (Lipinski definition) is 5. The van der Waals surface area contributed by atoms with Crippen LogP contribution in [-0.4, -0.2) is 15.0 Å². The smallest absolute Gasteiger partial charge is 0.164 e. The highest BCUT2D eigenvalue weighted by atomic mass is 16.3. The molecule has 0 unspecified atom stereocenters. The zero-order valence-corrected chi connectivity index (χ0v) is 30.1. The van der Waals surface area contributed by atoms with Crippen LogP contribution in [0.3, 0.4) is 0 Å². The van der Waals surface area contributed by atoms with E-state index in [0.717, 1.165) is 93.9 Å². The third-order valence-electron chi connectivity index (χ3n) is 10.5. The lowest BCUT2D eigenvalue weighted by atomic mass is 9.95. The highest BCUT2D eigenvalue weighted by molar-refractivity contribution is 6.13. The third-order valence-corrected chi connectivity index (χ3v) is 10.5. The molecule has 0 aliphatic heterocycles. The Balaban J connectivity index is 1.04. The Hall–Kier alpha value is -7.63. The van der Waals surface area contributed by atoms with Gasteiger partial charge in [-0.2, -0.15) is 0 Å². The topological polar surface area (TPSA) is 65.0 Å². The van der Waals surface area contributed by atoms with E-state index < -0.39 is 0 Å². The molecule has 11 rings (SSSR count). The fourth-order valence-corrected chi connectivity index (χ4v) is 7.74. The number of nitrogens with zero attached hydrogens (tertiary/aromatic N) is 3. The zero-order valence-electron chi connectivity index (χ0n) is 30.1. The van der Waals surface area contributed by atoms with E-state index in [1.54, 1.807) is 0 Å². The minimum Gasteiger partial charge on any atom is -0.456 e. The first-order valence-electron chi connectivity index (χ1n) is 18.7. The van der Waals surface area contributed by atoms with E-state index in [0.29, 0.717) is 17.5 Å². The molecular formula is C51H31N3O2. The summed E-state index contributed by atoms with van der Waals surface area (Å²) in [5.41, 5.74) is 12.5. The van der Waals surface area contributed by atoms with E-state index in [4.69, 9.17) is 23.8 Å². The van der Waals surface area contributed by atoms with Crippen LogP contribution in [-0.2, 0) is 0 Å². The van der Waals surface area contributed by atoms with Crippen LogP contribution in [0.15, 0.2) is 197 Å². The van der Waals surface area contributed by atoms with E-state index in [-0.39, 0.29) is 0 Å². The first kappa shape index (κ1) is 31.9. The average Bonchev–Trinajstić information content (AvgIpc) is 3.84. The van der Waals surface area contributed by atoms with Gasteiger partial charge < -0.3 is 8.83 Å². The Morgan fingerprint density at radius 1 is 0.268 bits per heavy atom. The summed E-state index contributed by atoms with van der Waals surface area (Å²) in [5, 5.41) is 4.24. The highest BCUT2D eigenvalue weighted by Crippen LogP contribution is 2.41. The molecule has 56 heavy (non-hydrogen) atoms. The molecule has 8 aromatic carbocycles. The van der Waals surface area contributed by atoms with Gasteiger partial charge in [0, 0.05) is 43.8 Å². The maximum absolute atomic E-state index is 6.66. The summed E-state index contributed by atoms with van der Waals surface area (Å²) in [7, 11) is 0. The second-order valence-electron chi connectivity index (χ2n) is 14.0. The van der Waals surface area contributed by atoms with E-state index in [9.17, 15) is 0 Å².